The Morgan fingerprint density at radius 2 is 1.60 bits per heavy atom. The van der Waals surface area contributed by atoms with Gasteiger partial charge in [0.25, 0.3) is 5.91 Å². The second kappa shape index (κ2) is 8.56. The van der Waals surface area contributed by atoms with Crippen LogP contribution in [0, 0.1) is 5.92 Å². The van der Waals surface area contributed by atoms with E-state index in [2.05, 4.69) is 43.4 Å². The van der Waals surface area contributed by atoms with Crippen LogP contribution in [0.3, 0.4) is 0 Å². The van der Waals surface area contributed by atoms with Crippen molar-refractivity contribution < 1.29 is 14.3 Å². The fourth-order valence-electron chi connectivity index (χ4n) is 2.75. The van der Waals surface area contributed by atoms with Crippen molar-refractivity contribution in [1.82, 2.24) is 5.32 Å². The molecule has 0 fully saturated rings. The molecule has 0 aliphatic carbocycles. The van der Waals surface area contributed by atoms with E-state index in [0.29, 0.717) is 23.0 Å². The number of hydrogen-bond donors (Lipinski definition) is 1. The van der Waals surface area contributed by atoms with E-state index in [4.69, 9.17) is 9.47 Å². The van der Waals surface area contributed by atoms with E-state index >= 15 is 0 Å². The van der Waals surface area contributed by atoms with Crippen LogP contribution in [-0.2, 0) is 6.42 Å². The Morgan fingerprint density at radius 1 is 0.960 bits per heavy atom. The van der Waals surface area contributed by atoms with Gasteiger partial charge in [0.15, 0.2) is 11.5 Å². The molecule has 0 saturated heterocycles. The first kappa shape index (κ1) is 18.8. The molecular formula is C21H27NO3. The lowest BCUT2D eigenvalue weighted by Gasteiger charge is -2.16. The lowest BCUT2D eigenvalue weighted by molar-refractivity contribution is 0.0939. The minimum Gasteiger partial charge on any atom is -0.493 e. The van der Waals surface area contributed by atoms with Gasteiger partial charge >= 0.3 is 0 Å². The quantitative estimate of drug-likeness (QED) is 0.812. The van der Waals surface area contributed by atoms with E-state index in [1.165, 1.54) is 5.56 Å². The lowest BCUT2D eigenvalue weighted by Crippen LogP contribution is -2.26. The minimum atomic E-state index is -0.139. The molecule has 0 aromatic heterocycles. The average Bonchev–Trinajstić information content (AvgIpc) is 2.61. The van der Waals surface area contributed by atoms with Gasteiger partial charge < -0.3 is 14.8 Å². The maximum atomic E-state index is 12.5. The number of rotatable bonds is 7. The summed E-state index contributed by atoms with van der Waals surface area (Å²) in [5.74, 6) is 1.64. The molecule has 1 N–H and O–H groups in total. The molecule has 4 nitrogen and oxygen atoms in total. The number of hydrogen-bond acceptors (Lipinski definition) is 3. The van der Waals surface area contributed by atoms with Crippen molar-refractivity contribution in [2.75, 3.05) is 14.2 Å². The molecule has 0 spiro atoms. The minimum absolute atomic E-state index is 0.0753. The SMILES string of the molecule is COc1ccc(C(=O)N[C@@H](C)c2ccc(CC(C)C)cc2)cc1OC. The molecule has 0 unspecified atom stereocenters. The first-order chi connectivity index (χ1) is 11.9. The Balaban J connectivity index is 2.06. The standard InChI is InChI=1S/C21H27NO3/c1-14(2)12-16-6-8-17(9-7-16)15(3)22-21(23)18-10-11-19(24-4)20(13-18)25-5/h6-11,13-15H,12H2,1-5H3,(H,22,23)/t15-/m0/s1. The van der Waals surface area contributed by atoms with Gasteiger partial charge in [0.2, 0.25) is 0 Å². The predicted octanol–water partition coefficient (Wildman–Crippen LogP) is 4.39. The van der Waals surface area contributed by atoms with Crippen molar-refractivity contribution in [1.29, 1.82) is 0 Å². The lowest BCUT2D eigenvalue weighted by atomic mass is 10.00. The highest BCUT2D eigenvalue weighted by Gasteiger charge is 2.14. The van der Waals surface area contributed by atoms with E-state index in [9.17, 15) is 4.79 Å². The topological polar surface area (TPSA) is 47.6 Å². The van der Waals surface area contributed by atoms with Crippen LogP contribution >= 0.6 is 0 Å². The van der Waals surface area contributed by atoms with Crippen LogP contribution in [0.4, 0.5) is 0 Å². The summed E-state index contributed by atoms with van der Waals surface area (Å²) in [5.41, 5.74) is 2.94. The van der Waals surface area contributed by atoms with Crippen LogP contribution in [0.1, 0.15) is 48.3 Å². The van der Waals surface area contributed by atoms with Crippen molar-refractivity contribution in [3.8, 4) is 11.5 Å². The molecule has 134 valence electrons. The number of carbonyl (C=O) groups excluding carboxylic acids is 1. The van der Waals surface area contributed by atoms with Crippen molar-refractivity contribution in [2.24, 2.45) is 5.92 Å². The van der Waals surface area contributed by atoms with Crippen molar-refractivity contribution >= 4 is 5.91 Å². The monoisotopic (exact) mass is 341 g/mol. The molecule has 1 atom stereocenters. The molecule has 0 aliphatic rings. The zero-order valence-electron chi connectivity index (χ0n) is 15.6. The maximum absolute atomic E-state index is 12.5. The first-order valence-corrected chi connectivity index (χ1v) is 8.56. The molecule has 0 bridgehead atoms. The number of nitrogens with one attached hydrogen (secondary N) is 1. The number of methoxy groups -OCH3 is 2. The van der Waals surface area contributed by atoms with Gasteiger partial charge in [0.05, 0.1) is 20.3 Å². The van der Waals surface area contributed by atoms with Gasteiger partial charge in [-0.1, -0.05) is 38.1 Å². The number of carbonyl (C=O) groups is 1. The normalized spacial score (nSPS) is 11.9. The van der Waals surface area contributed by atoms with Gasteiger partial charge in [-0.3, -0.25) is 4.79 Å². The predicted molar refractivity (Wildman–Crippen MR) is 100 cm³/mol. The van der Waals surface area contributed by atoms with Gasteiger partial charge in [0.1, 0.15) is 0 Å². The molecule has 2 rings (SSSR count). The number of ether oxygens (including phenoxy) is 2. The molecule has 1 amide bonds. The molecule has 25 heavy (non-hydrogen) atoms. The van der Waals surface area contributed by atoms with Gasteiger partial charge in [0, 0.05) is 5.56 Å². The van der Waals surface area contributed by atoms with Crippen LogP contribution in [-0.4, -0.2) is 20.1 Å². The fraction of sp³-hybridized carbons (Fsp3) is 0.381. The summed E-state index contributed by atoms with van der Waals surface area (Å²) in [5, 5.41) is 3.03. The third kappa shape index (κ3) is 4.99. The Hall–Kier alpha value is -2.49. The largest absolute Gasteiger partial charge is 0.493 e. The van der Waals surface area contributed by atoms with Crippen LogP contribution in [0.25, 0.3) is 0 Å². The van der Waals surface area contributed by atoms with E-state index in [-0.39, 0.29) is 11.9 Å². The van der Waals surface area contributed by atoms with Crippen molar-refractivity contribution in [3.05, 3.63) is 59.2 Å². The zero-order chi connectivity index (χ0) is 18.4. The van der Waals surface area contributed by atoms with Crippen molar-refractivity contribution in [2.45, 2.75) is 33.2 Å². The molecule has 0 saturated carbocycles. The second-order valence-electron chi connectivity index (χ2n) is 6.60. The molecular weight excluding hydrogens is 314 g/mol. The zero-order valence-corrected chi connectivity index (χ0v) is 15.6. The van der Waals surface area contributed by atoms with E-state index in [0.717, 1.165) is 12.0 Å². The van der Waals surface area contributed by atoms with Crippen LogP contribution in [0.2, 0.25) is 0 Å². The van der Waals surface area contributed by atoms with Gasteiger partial charge in [-0.15, -0.1) is 0 Å². The molecule has 4 heteroatoms. The highest BCUT2D eigenvalue weighted by molar-refractivity contribution is 5.95. The van der Waals surface area contributed by atoms with Crippen LogP contribution < -0.4 is 14.8 Å². The van der Waals surface area contributed by atoms with Gasteiger partial charge in [-0.25, -0.2) is 0 Å². The molecule has 0 heterocycles. The summed E-state index contributed by atoms with van der Waals surface area (Å²) in [7, 11) is 3.13. The number of amides is 1. The summed E-state index contributed by atoms with van der Waals surface area (Å²) in [6.07, 6.45) is 1.06. The van der Waals surface area contributed by atoms with Crippen LogP contribution in [0.15, 0.2) is 42.5 Å². The molecule has 2 aromatic rings. The van der Waals surface area contributed by atoms with E-state index < -0.39 is 0 Å². The summed E-state index contributed by atoms with van der Waals surface area (Å²) in [4.78, 5) is 12.5. The number of benzene rings is 2. The summed E-state index contributed by atoms with van der Waals surface area (Å²) >= 11 is 0. The molecule has 0 radical (unpaired) electrons. The summed E-state index contributed by atoms with van der Waals surface area (Å²) in [6, 6.07) is 13.5. The Labute approximate surface area is 150 Å². The highest BCUT2D eigenvalue weighted by Crippen LogP contribution is 2.27. The van der Waals surface area contributed by atoms with E-state index in [1.54, 1.807) is 32.4 Å². The average molecular weight is 341 g/mol. The summed E-state index contributed by atoms with van der Waals surface area (Å²) in [6.45, 7) is 6.40. The van der Waals surface area contributed by atoms with E-state index in [1.807, 2.05) is 6.92 Å². The summed E-state index contributed by atoms with van der Waals surface area (Å²) < 4.78 is 10.5. The highest BCUT2D eigenvalue weighted by atomic mass is 16.5. The third-order valence-electron chi connectivity index (χ3n) is 4.12. The molecule has 2 aromatic carbocycles. The third-order valence-corrected chi connectivity index (χ3v) is 4.12. The van der Waals surface area contributed by atoms with Crippen molar-refractivity contribution in [3.63, 3.8) is 0 Å². The Morgan fingerprint density at radius 3 is 2.16 bits per heavy atom. The van der Waals surface area contributed by atoms with Gasteiger partial charge in [-0.2, -0.15) is 0 Å². The Bertz CT molecular complexity index is 708. The first-order valence-electron chi connectivity index (χ1n) is 8.56. The Kier molecular flexibility index (Phi) is 6.45. The van der Waals surface area contributed by atoms with Gasteiger partial charge in [-0.05, 0) is 48.6 Å². The fourth-order valence-corrected chi connectivity index (χ4v) is 2.75. The second-order valence-corrected chi connectivity index (χ2v) is 6.60. The van der Waals surface area contributed by atoms with Crippen LogP contribution in [0.5, 0.6) is 11.5 Å². The maximum Gasteiger partial charge on any atom is 0.251 e. The smallest absolute Gasteiger partial charge is 0.251 e. The molecule has 0 aliphatic heterocycles.